The normalized spacial score (nSPS) is 18.0. The van der Waals surface area contributed by atoms with Crippen LogP contribution >= 0.6 is 0 Å². The summed E-state index contributed by atoms with van der Waals surface area (Å²) >= 11 is 0. The number of aryl methyl sites for hydroxylation is 2. The zero-order chi connectivity index (χ0) is 18.0. The molecule has 4 heteroatoms. The Balaban J connectivity index is 1.68. The summed E-state index contributed by atoms with van der Waals surface area (Å²) in [5.41, 5.74) is 2.95. The second kappa shape index (κ2) is 6.79. The quantitative estimate of drug-likeness (QED) is 0.912. The van der Waals surface area contributed by atoms with Crippen molar-refractivity contribution in [2.75, 3.05) is 6.61 Å². The van der Waals surface area contributed by atoms with Crippen LogP contribution in [0.3, 0.4) is 0 Å². The SMILES string of the molecule is Cc1cccc(OCC(=O)N[C@H]2CC(C)(C)Oc3cc(C)ccc32)c1. The van der Waals surface area contributed by atoms with Crippen molar-refractivity contribution in [2.45, 2.75) is 45.8 Å². The zero-order valence-corrected chi connectivity index (χ0v) is 15.3. The summed E-state index contributed by atoms with van der Waals surface area (Å²) in [6.07, 6.45) is 0.721. The number of carbonyl (C=O) groups is 1. The molecular formula is C21H25NO3. The van der Waals surface area contributed by atoms with Gasteiger partial charge in [-0.15, -0.1) is 0 Å². The van der Waals surface area contributed by atoms with Crippen molar-refractivity contribution >= 4 is 5.91 Å². The monoisotopic (exact) mass is 339 g/mol. The van der Waals surface area contributed by atoms with Gasteiger partial charge in [0.15, 0.2) is 6.61 Å². The highest BCUT2D eigenvalue weighted by atomic mass is 16.5. The predicted octanol–water partition coefficient (Wildman–Crippen LogP) is 4.10. The van der Waals surface area contributed by atoms with Gasteiger partial charge in [0.1, 0.15) is 17.1 Å². The topological polar surface area (TPSA) is 47.6 Å². The van der Waals surface area contributed by atoms with Gasteiger partial charge in [-0.25, -0.2) is 0 Å². The lowest BCUT2D eigenvalue weighted by Crippen LogP contribution is -2.42. The molecule has 0 saturated carbocycles. The number of amides is 1. The third-order valence-electron chi connectivity index (χ3n) is 4.32. The molecule has 2 aromatic carbocycles. The second-order valence-corrected chi connectivity index (χ2v) is 7.33. The molecule has 132 valence electrons. The molecule has 0 aromatic heterocycles. The Hall–Kier alpha value is -2.49. The highest BCUT2D eigenvalue weighted by molar-refractivity contribution is 5.78. The smallest absolute Gasteiger partial charge is 0.258 e. The number of carbonyl (C=O) groups excluding carboxylic acids is 1. The fourth-order valence-electron chi connectivity index (χ4n) is 3.18. The summed E-state index contributed by atoms with van der Waals surface area (Å²) < 4.78 is 11.7. The Kier molecular flexibility index (Phi) is 4.71. The molecule has 2 aromatic rings. The summed E-state index contributed by atoms with van der Waals surface area (Å²) in [6.45, 7) is 8.12. The molecule has 0 bridgehead atoms. The van der Waals surface area contributed by atoms with E-state index >= 15 is 0 Å². The van der Waals surface area contributed by atoms with Crippen molar-refractivity contribution < 1.29 is 14.3 Å². The minimum Gasteiger partial charge on any atom is -0.487 e. The molecule has 0 aliphatic carbocycles. The van der Waals surface area contributed by atoms with Crippen LogP contribution in [0.5, 0.6) is 11.5 Å². The predicted molar refractivity (Wildman–Crippen MR) is 98.1 cm³/mol. The minimum atomic E-state index is -0.323. The van der Waals surface area contributed by atoms with E-state index in [0.717, 1.165) is 28.9 Å². The largest absolute Gasteiger partial charge is 0.487 e. The van der Waals surface area contributed by atoms with Gasteiger partial charge in [0.05, 0.1) is 6.04 Å². The number of nitrogens with one attached hydrogen (secondary N) is 1. The van der Waals surface area contributed by atoms with Crippen LogP contribution in [-0.4, -0.2) is 18.1 Å². The van der Waals surface area contributed by atoms with Crippen LogP contribution < -0.4 is 14.8 Å². The summed E-state index contributed by atoms with van der Waals surface area (Å²) in [6, 6.07) is 13.7. The number of hydrogen-bond donors (Lipinski definition) is 1. The molecule has 3 rings (SSSR count). The lowest BCUT2D eigenvalue weighted by molar-refractivity contribution is -0.124. The molecule has 1 N–H and O–H groups in total. The first kappa shape index (κ1) is 17.3. The van der Waals surface area contributed by atoms with Crippen LogP contribution in [-0.2, 0) is 4.79 Å². The second-order valence-electron chi connectivity index (χ2n) is 7.33. The number of rotatable bonds is 4. The molecule has 4 nitrogen and oxygen atoms in total. The van der Waals surface area contributed by atoms with Gasteiger partial charge in [0.25, 0.3) is 5.91 Å². The van der Waals surface area contributed by atoms with Crippen molar-refractivity contribution in [3.63, 3.8) is 0 Å². The number of benzene rings is 2. The average molecular weight is 339 g/mol. The van der Waals surface area contributed by atoms with Crippen molar-refractivity contribution in [1.29, 1.82) is 0 Å². The Morgan fingerprint density at radius 2 is 1.96 bits per heavy atom. The van der Waals surface area contributed by atoms with Gasteiger partial charge < -0.3 is 14.8 Å². The van der Waals surface area contributed by atoms with E-state index in [4.69, 9.17) is 9.47 Å². The van der Waals surface area contributed by atoms with E-state index in [0.29, 0.717) is 5.75 Å². The van der Waals surface area contributed by atoms with Crippen LogP contribution in [0.15, 0.2) is 42.5 Å². The Labute approximate surface area is 149 Å². The minimum absolute atomic E-state index is 0.00241. The van der Waals surface area contributed by atoms with Gasteiger partial charge in [-0.3, -0.25) is 4.79 Å². The lowest BCUT2D eigenvalue weighted by atomic mass is 9.89. The van der Waals surface area contributed by atoms with Gasteiger partial charge in [0, 0.05) is 12.0 Å². The first-order valence-electron chi connectivity index (χ1n) is 8.61. The Morgan fingerprint density at radius 1 is 1.20 bits per heavy atom. The van der Waals surface area contributed by atoms with Crippen LogP contribution in [0.25, 0.3) is 0 Å². The molecule has 1 aliphatic heterocycles. The number of fused-ring (bicyclic) bond motifs is 1. The molecule has 1 heterocycles. The van der Waals surface area contributed by atoms with E-state index in [-0.39, 0.29) is 24.2 Å². The fraction of sp³-hybridized carbons (Fsp3) is 0.381. The molecule has 0 fully saturated rings. The van der Waals surface area contributed by atoms with Crippen molar-refractivity contribution in [2.24, 2.45) is 0 Å². The summed E-state index contributed by atoms with van der Waals surface area (Å²) in [5.74, 6) is 1.43. The molecule has 1 amide bonds. The highest BCUT2D eigenvalue weighted by Gasteiger charge is 2.34. The number of hydrogen-bond acceptors (Lipinski definition) is 3. The molecule has 0 unspecified atom stereocenters. The highest BCUT2D eigenvalue weighted by Crippen LogP contribution is 2.39. The van der Waals surface area contributed by atoms with E-state index in [9.17, 15) is 4.79 Å². The summed E-state index contributed by atoms with van der Waals surface area (Å²) in [7, 11) is 0. The fourth-order valence-corrected chi connectivity index (χ4v) is 3.18. The standard InChI is InChI=1S/C21H25NO3/c1-14-6-5-7-16(10-14)24-13-20(23)22-18-12-21(3,4)25-19-11-15(2)8-9-17(18)19/h5-11,18H,12-13H2,1-4H3,(H,22,23)/t18-/m0/s1. The van der Waals surface area contributed by atoms with Gasteiger partial charge in [-0.2, -0.15) is 0 Å². The first-order chi connectivity index (χ1) is 11.8. The van der Waals surface area contributed by atoms with Crippen LogP contribution in [0.4, 0.5) is 0 Å². The van der Waals surface area contributed by atoms with E-state index in [1.807, 2.05) is 70.2 Å². The van der Waals surface area contributed by atoms with E-state index in [1.165, 1.54) is 0 Å². The molecule has 25 heavy (non-hydrogen) atoms. The van der Waals surface area contributed by atoms with Gasteiger partial charge in [-0.05, 0) is 57.0 Å². The molecule has 0 radical (unpaired) electrons. The van der Waals surface area contributed by atoms with Crippen molar-refractivity contribution in [1.82, 2.24) is 5.32 Å². The summed E-state index contributed by atoms with van der Waals surface area (Å²) in [4.78, 5) is 12.4. The maximum absolute atomic E-state index is 12.4. The van der Waals surface area contributed by atoms with Crippen LogP contribution in [0.1, 0.15) is 43.0 Å². The maximum Gasteiger partial charge on any atom is 0.258 e. The van der Waals surface area contributed by atoms with Crippen molar-refractivity contribution in [3.05, 3.63) is 59.2 Å². The lowest BCUT2D eigenvalue weighted by Gasteiger charge is -2.38. The third-order valence-corrected chi connectivity index (χ3v) is 4.32. The maximum atomic E-state index is 12.4. The molecule has 0 spiro atoms. The van der Waals surface area contributed by atoms with Gasteiger partial charge in [-0.1, -0.05) is 24.3 Å². The van der Waals surface area contributed by atoms with Gasteiger partial charge >= 0.3 is 0 Å². The molecule has 0 saturated heterocycles. The van der Waals surface area contributed by atoms with E-state index in [2.05, 4.69) is 5.32 Å². The van der Waals surface area contributed by atoms with Gasteiger partial charge in [0.2, 0.25) is 0 Å². The van der Waals surface area contributed by atoms with E-state index in [1.54, 1.807) is 0 Å². The first-order valence-corrected chi connectivity index (χ1v) is 8.61. The average Bonchev–Trinajstić information content (AvgIpc) is 2.51. The Bertz CT molecular complexity index is 782. The molecule has 1 atom stereocenters. The number of ether oxygens (including phenoxy) is 2. The van der Waals surface area contributed by atoms with Crippen LogP contribution in [0.2, 0.25) is 0 Å². The zero-order valence-electron chi connectivity index (χ0n) is 15.3. The van der Waals surface area contributed by atoms with Crippen LogP contribution in [0, 0.1) is 13.8 Å². The molecule has 1 aliphatic rings. The van der Waals surface area contributed by atoms with E-state index < -0.39 is 0 Å². The Morgan fingerprint density at radius 3 is 2.72 bits per heavy atom. The summed E-state index contributed by atoms with van der Waals surface area (Å²) in [5, 5.41) is 3.09. The molecular weight excluding hydrogens is 314 g/mol. The van der Waals surface area contributed by atoms with Crippen molar-refractivity contribution in [3.8, 4) is 11.5 Å². The third kappa shape index (κ3) is 4.32.